The normalized spacial score (nSPS) is 23.1. The molecule has 23 heavy (non-hydrogen) atoms. The molecule has 0 aromatic heterocycles. The molecule has 0 aliphatic carbocycles. The molecule has 2 aliphatic heterocycles. The van der Waals surface area contributed by atoms with Crippen LogP contribution in [0.3, 0.4) is 0 Å². The first-order valence-electron chi connectivity index (χ1n) is 8.99. The maximum Gasteiger partial charge on any atom is 0.234 e. The van der Waals surface area contributed by atoms with Crippen LogP contribution in [0.1, 0.15) is 32.6 Å². The van der Waals surface area contributed by atoms with Gasteiger partial charge in [0.05, 0.1) is 12.6 Å². The van der Waals surface area contributed by atoms with Gasteiger partial charge in [0.2, 0.25) is 5.91 Å². The second-order valence-corrected chi connectivity index (χ2v) is 7.24. The highest BCUT2D eigenvalue weighted by Gasteiger charge is 2.22. The minimum Gasteiger partial charge on any atom is -0.392 e. The van der Waals surface area contributed by atoms with Gasteiger partial charge in [-0.15, -0.1) is 0 Å². The molecule has 0 spiro atoms. The number of β-amino-alcohol motifs (C(OH)–C–C–N with tert-alkyl or cyclic N) is 1. The summed E-state index contributed by atoms with van der Waals surface area (Å²) >= 11 is 0. The minimum absolute atomic E-state index is 0.131. The summed E-state index contributed by atoms with van der Waals surface area (Å²) in [7, 11) is 2.03. The van der Waals surface area contributed by atoms with Gasteiger partial charge in [0.25, 0.3) is 0 Å². The first-order valence-corrected chi connectivity index (χ1v) is 8.99. The Balaban J connectivity index is 1.61. The Hall–Kier alpha value is -0.690. The second kappa shape index (κ2) is 9.57. The van der Waals surface area contributed by atoms with Crippen LogP contribution >= 0.6 is 0 Å². The van der Waals surface area contributed by atoms with Crippen LogP contribution in [0, 0.1) is 5.92 Å². The van der Waals surface area contributed by atoms with Gasteiger partial charge in [0, 0.05) is 32.3 Å². The largest absolute Gasteiger partial charge is 0.392 e. The highest BCUT2D eigenvalue weighted by atomic mass is 16.5. The lowest BCUT2D eigenvalue weighted by atomic mass is 9.96. The van der Waals surface area contributed by atoms with Crippen molar-refractivity contribution in [2.45, 2.75) is 44.8 Å². The van der Waals surface area contributed by atoms with E-state index in [4.69, 9.17) is 4.74 Å². The number of likely N-dealkylation sites (tertiary alicyclic amines) is 1. The molecule has 0 unspecified atom stereocenters. The molecular weight excluding hydrogens is 294 g/mol. The highest BCUT2D eigenvalue weighted by Crippen LogP contribution is 2.18. The van der Waals surface area contributed by atoms with E-state index in [2.05, 4.69) is 15.1 Å². The van der Waals surface area contributed by atoms with E-state index in [1.807, 2.05) is 14.0 Å². The number of hydrogen-bond donors (Lipinski definition) is 2. The molecule has 0 bridgehead atoms. The summed E-state index contributed by atoms with van der Waals surface area (Å²) in [4.78, 5) is 16.6. The molecule has 0 aromatic carbocycles. The fourth-order valence-corrected chi connectivity index (χ4v) is 3.59. The van der Waals surface area contributed by atoms with Crippen LogP contribution in [0.15, 0.2) is 0 Å². The van der Waals surface area contributed by atoms with Gasteiger partial charge < -0.3 is 20.1 Å². The lowest BCUT2D eigenvalue weighted by Crippen LogP contribution is -2.45. The van der Waals surface area contributed by atoms with E-state index in [0.29, 0.717) is 12.5 Å². The number of nitrogens with one attached hydrogen (secondary N) is 1. The van der Waals surface area contributed by atoms with E-state index < -0.39 is 0 Å². The van der Waals surface area contributed by atoms with Crippen LogP contribution in [0.5, 0.6) is 0 Å². The lowest BCUT2D eigenvalue weighted by molar-refractivity contribution is -0.123. The molecule has 1 atom stereocenters. The molecule has 2 rings (SSSR count). The third-order valence-electron chi connectivity index (χ3n) is 4.80. The first-order chi connectivity index (χ1) is 11.0. The summed E-state index contributed by atoms with van der Waals surface area (Å²) in [5.41, 5.74) is 0. The van der Waals surface area contributed by atoms with Crippen molar-refractivity contribution in [2.75, 3.05) is 53.0 Å². The number of hydrogen-bond acceptors (Lipinski definition) is 5. The second-order valence-electron chi connectivity index (χ2n) is 7.24. The topological polar surface area (TPSA) is 65.0 Å². The van der Waals surface area contributed by atoms with Gasteiger partial charge in [-0.3, -0.25) is 9.69 Å². The summed E-state index contributed by atoms with van der Waals surface area (Å²) in [5, 5.41) is 12.6. The van der Waals surface area contributed by atoms with Crippen LogP contribution in [0.2, 0.25) is 0 Å². The van der Waals surface area contributed by atoms with Crippen LogP contribution in [0.4, 0.5) is 0 Å². The van der Waals surface area contributed by atoms with Crippen molar-refractivity contribution < 1.29 is 14.6 Å². The number of aliphatic hydroxyl groups excluding tert-OH is 1. The number of piperidine rings is 1. The zero-order valence-electron chi connectivity index (χ0n) is 14.7. The van der Waals surface area contributed by atoms with Gasteiger partial charge in [-0.1, -0.05) is 0 Å². The van der Waals surface area contributed by atoms with Crippen LogP contribution in [-0.2, 0) is 9.53 Å². The molecule has 0 saturated carbocycles. The summed E-state index contributed by atoms with van der Waals surface area (Å²) < 4.78 is 5.31. The number of carbonyl (C=O) groups excluding carboxylic acids is 1. The average molecular weight is 327 g/mol. The number of carbonyl (C=O) groups is 1. The monoisotopic (exact) mass is 327 g/mol. The Labute approximate surface area is 140 Å². The van der Waals surface area contributed by atoms with E-state index >= 15 is 0 Å². The predicted octanol–water partition coefficient (Wildman–Crippen LogP) is 0.306. The maximum absolute atomic E-state index is 12.1. The van der Waals surface area contributed by atoms with Crippen molar-refractivity contribution in [3.63, 3.8) is 0 Å². The smallest absolute Gasteiger partial charge is 0.234 e. The molecule has 2 aliphatic rings. The van der Waals surface area contributed by atoms with Crippen molar-refractivity contribution in [3.8, 4) is 0 Å². The minimum atomic E-state index is -0.247. The number of rotatable bonds is 7. The quantitative estimate of drug-likeness (QED) is 0.704. The van der Waals surface area contributed by atoms with Gasteiger partial charge in [0.15, 0.2) is 0 Å². The zero-order chi connectivity index (χ0) is 16.7. The van der Waals surface area contributed by atoms with E-state index in [-0.39, 0.29) is 18.1 Å². The number of amides is 1. The van der Waals surface area contributed by atoms with Gasteiger partial charge in [0.1, 0.15) is 0 Å². The molecule has 2 saturated heterocycles. The fourth-order valence-electron chi connectivity index (χ4n) is 3.59. The Kier molecular flexibility index (Phi) is 7.76. The maximum atomic E-state index is 12.1. The van der Waals surface area contributed by atoms with Crippen molar-refractivity contribution in [1.82, 2.24) is 15.1 Å². The Morgan fingerprint density at radius 3 is 2.57 bits per heavy atom. The summed E-state index contributed by atoms with van der Waals surface area (Å²) in [6.45, 7) is 7.69. The third kappa shape index (κ3) is 7.16. The Morgan fingerprint density at radius 2 is 1.96 bits per heavy atom. The molecule has 2 fully saturated rings. The molecule has 2 N–H and O–H groups in total. The zero-order valence-corrected chi connectivity index (χ0v) is 14.7. The Bertz CT molecular complexity index is 351. The summed E-state index contributed by atoms with van der Waals surface area (Å²) in [6, 6.07) is 0.286. The molecule has 0 aromatic rings. The van der Waals surface area contributed by atoms with Gasteiger partial charge >= 0.3 is 0 Å². The van der Waals surface area contributed by atoms with Crippen LogP contribution in [-0.4, -0.2) is 85.9 Å². The Morgan fingerprint density at radius 1 is 1.30 bits per heavy atom. The van der Waals surface area contributed by atoms with Gasteiger partial charge in [-0.2, -0.15) is 0 Å². The van der Waals surface area contributed by atoms with Crippen molar-refractivity contribution in [1.29, 1.82) is 0 Å². The number of aliphatic hydroxyl groups is 1. The van der Waals surface area contributed by atoms with E-state index in [1.54, 1.807) is 0 Å². The van der Waals surface area contributed by atoms with Crippen LogP contribution in [0.25, 0.3) is 0 Å². The summed E-state index contributed by atoms with van der Waals surface area (Å²) in [6.07, 6.45) is 3.91. The average Bonchev–Trinajstić information content (AvgIpc) is 2.49. The van der Waals surface area contributed by atoms with Gasteiger partial charge in [-0.05, 0) is 58.7 Å². The van der Waals surface area contributed by atoms with Crippen LogP contribution < -0.4 is 5.32 Å². The molecule has 6 heteroatoms. The van der Waals surface area contributed by atoms with E-state index in [0.717, 1.165) is 65.1 Å². The van der Waals surface area contributed by atoms with Crippen molar-refractivity contribution in [2.24, 2.45) is 5.92 Å². The van der Waals surface area contributed by atoms with Crippen molar-refractivity contribution in [3.05, 3.63) is 0 Å². The van der Waals surface area contributed by atoms with E-state index in [1.165, 1.54) is 0 Å². The fraction of sp³-hybridized carbons (Fsp3) is 0.941. The molecule has 2 heterocycles. The SMILES string of the molecule is C[C@@H](O)CN1CCC(CN(C)CC(=O)NC2CCOCC2)CC1. The third-order valence-corrected chi connectivity index (χ3v) is 4.80. The summed E-state index contributed by atoms with van der Waals surface area (Å²) in [5.74, 6) is 0.784. The predicted molar refractivity (Wildman–Crippen MR) is 90.3 cm³/mol. The van der Waals surface area contributed by atoms with Crippen molar-refractivity contribution >= 4 is 5.91 Å². The molecule has 134 valence electrons. The van der Waals surface area contributed by atoms with E-state index in [9.17, 15) is 9.90 Å². The first kappa shape index (κ1) is 18.6. The molecule has 1 amide bonds. The lowest BCUT2D eigenvalue weighted by Gasteiger charge is -2.34. The molecular formula is C17H33N3O3. The number of nitrogens with zero attached hydrogens (tertiary/aromatic N) is 2. The highest BCUT2D eigenvalue weighted by molar-refractivity contribution is 5.78. The molecule has 0 radical (unpaired) electrons. The molecule has 6 nitrogen and oxygen atoms in total. The van der Waals surface area contributed by atoms with Gasteiger partial charge in [-0.25, -0.2) is 0 Å². The standard InChI is InChI=1S/C17H33N3O3/c1-14(21)11-20-7-3-15(4-8-20)12-19(2)13-17(22)18-16-5-9-23-10-6-16/h14-16,21H,3-13H2,1-2H3,(H,18,22)/t14-/m1/s1. The number of ether oxygens (including phenoxy) is 1. The number of likely N-dealkylation sites (N-methyl/N-ethyl adjacent to an activating group) is 1.